The second-order valence-electron chi connectivity index (χ2n) is 18.1. The SMILES string of the molecule is C=C(CCCCCCCCCCC)NCCOP(=O)([O-])OC[C@@H](COC(=O)CCCCCCC/C=C\CCCCCCCC)OC(=O)CCCCCCC/C=C\CCCCCCCC. The summed E-state index contributed by atoms with van der Waals surface area (Å²) in [7, 11) is -4.70. The standard InChI is InChI=1S/C54H102NO8P/c1-5-8-11-14-17-20-22-24-26-28-30-33-36-39-42-45-53(56)60-49-52(63-54(57)46-43-40-37-34-31-29-27-25-23-21-18-15-12-9-6-2)50-62-64(58,59)61-48-47-55-51(4)44-41-38-35-32-19-16-13-10-7-3/h24-27,52,55H,4-23,28-50H2,1-3H3,(H,58,59)/p-1/b26-24-,27-25-/t52-/m1/s1. The van der Waals surface area contributed by atoms with E-state index in [1.807, 2.05) is 0 Å². The van der Waals surface area contributed by atoms with Gasteiger partial charge >= 0.3 is 11.9 Å². The van der Waals surface area contributed by atoms with Gasteiger partial charge in [0.2, 0.25) is 0 Å². The van der Waals surface area contributed by atoms with Crippen molar-refractivity contribution in [1.82, 2.24) is 5.32 Å². The molecule has 0 spiro atoms. The van der Waals surface area contributed by atoms with Crippen molar-refractivity contribution in [2.24, 2.45) is 0 Å². The summed E-state index contributed by atoms with van der Waals surface area (Å²) in [5.41, 5.74) is 0.856. The van der Waals surface area contributed by atoms with Gasteiger partial charge in [0.25, 0.3) is 7.82 Å². The van der Waals surface area contributed by atoms with E-state index in [1.165, 1.54) is 135 Å². The summed E-state index contributed by atoms with van der Waals surface area (Å²) in [6, 6.07) is 0. The van der Waals surface area contributed by atoms with Gasteiger partial charge in [0.1, 0.15) is 6.61 Å². The molecule has 0 aromatic rings. The molecule has 0 aromatic heterocycles. The fourth-order valence-electron chi connectivity index (χ4n) is 7.63. The number of rotatable bonds is 51. The first-order valence-electron chi connectivity index (χ1n) is 26.9. The summed E-state index contributed by atoms with van der Waals surface area (Å²) >= 11 is 0. The van der Waals surface area contributed by atoms with E-state index in [4.69, 9.17) is 18.5 Å². The molecular formula is C54H101NO8P-. The lowest BCUT2D eigenvalue weighted by atomic mass is 10.1. The van der Waals surface area contributed by atoms with Crippen LogP contribution in [0, 0.1) is 0 Å². The zero-order chi connectivity index (χ0) is 46.9. The predicted octanol–water partition coefficient (Wildman–Crippen LogP) is 16.0. The van der Waals surface area contributed by atoms with Crippen LogP contribution in [0.25, 0.3) is 0 Å². The Morgan fingerprint density at radius 3 is 1.28 bits per heavy atom. The number of unbranched alkanes of at least 4 members (excludes halogenated alkanes) is 30. The number of allylic oxidation sites excluding steroid dienone is 5. The third kappa shape index (κ3) is 48.0. The van der Waals surface area contributed by atoms with Gasteiger partial charge in [0, 0.05) is 25.1 Å². The summed E-state index contributed by atoms with van der Waals surface area (Å²) in [6.07, 6.45) is 51.1. The molecular weight excluding hydrogens is 822 g/mol. The van der Waals surface area contributed by atoms with Gasteiger partial charge in [-0.25, -0.2) is 0 Å². The van der Waals surface area contributed by atoms with Crippen LogP contribution < -0.4 is 10.2 Å². The maximum Gasteiger partial charge on any atom is 0.306 e. The fourth-order valence-corrected chi connectivity index (χ4v) is 8.37. The number of nitrogens with one attached hydrogen (secondary N) is 1. The van der Waals surface area contributed by atoms with Gasteiger partial charge in [-0.15, -0.1) is 0 Å². The van der Waals surface area contributed by atoms with Crippen molar-refractivity contribution in [2.45, 2.75) is 271 Å². The third-order valence-corrected chi connectivity index (χ3v) is 12.7. The normalized spacial score (nSPS) is 13.1. The van der Waals surface area contributed by atoms with E-state index < -0.39 is 32.5 Å². The molecule has 0 saturated heterocycles. The zero-order valence-electron chi connectivity index (χ0n) is 42.0. The highest BCUT2D eigenvalue weighted by atomic mass is 31.2. The number of hydrogen-bond donors (Lipinski definition) is 1. The lowest BCUT2D eigenvalue weighted by molar-refractivity contribution is -0.228. The van der Waals surface area contributed by atoms with Crippen molar-refractivity contribution in [1.29, 1.82) is 0 Å². The van der Waals surface area contributed by atoms with E-state index in [9.17, 15) is 19.0 Å². The van der Waals surface area contributed by atoms with Gasteiger partial charge in [-0.3, -0.25) is 14.2 Å². The second kappa shape index (κ2) is 49.0. The second-order valence-corrected chi connectivity index (χ2v) is 19.6. The average molecular weight is 923 g/mol. The van der Waals surface area contributed by atoms with Crippen LogP contribution in [-0.4, -0.2) is 44.4 Å². The Hall–Kier alpha value is -1.93. The van der Waals surface area contributed by atoms with Crippen LogP contribution in [0.5, 0.6) is 0 Å². The summed E-state index contributed by atoms with van der Waals surface area (Å²) < 4.78 is 33.9. The van der Waals surface area contributed by atoms with Crippen molar-refractivity contribution >= 4 is 19.8 Å². The predicted molar refractivity (Wildman–Crippen MR) is 268 cm³/mol. The highest BCUT2D eigenvalue weighted by Gasteiger charge is 2.21. The largest absolute Gasteiger partial charge is 0.756 e. The fraction of sp³-hybridized carbons (Fsp3) is 0.852. The minimum atomic E-state index is -4.70. The Morgan fingerprint density at radius 2 is 0.859 bits per heavy atom. The van der Waals surface area contributed by atoms with Crippen LogP contribution in [0.3, 0.4) is 0 Å². The number of carbonyl (C=O) groups is 2. The number of esters is 2. The molecule has 10 heteroatoms. The van der Waals surface area contributed by atoms with Crippen molar-refractivity contribution in [3.8, 4) is 0 Å². The summed E-state index contributed by atoms with van der Waals surface area (Å²) in [5.74, 6) is -0.859. The molecule has 0 bridgehead atoms. The van der Waals surface area contributed by atoms with Crippen molar-refractivity contribution in [2.75, 3.05) is 26.4 Å². The molecule has 0 aromatic carbocycles. The Morgan fingerprint density at radius 1 is 0.500 bits per heavy atom. The summed E-state index contributed by atoms with van der Waals surface area (Å²) in [6.45, 7) is 10.2. The molecule has 64 heavy (non-hydrogen) atoms. The van der Waals surface area contributed by atoms with Crippen molar-refractivity contribution in [3.63, 3.8) is 0 Å². The molecule has 1 unspecified atom stereocenters. The van der Waals surface area contributed by atoms with E-state index in [0.29, 0.717) is 12.8 Å². The molecule has 9 nitrogen and oxygen atoms in total. The Bertz CT molecular complexity index is 1160. The van der Waals surface area contributed by atoms with Crippen LogP contribution >= 0.6 is 7.82 Å². The highest BCUT2D eigenvalue weighted by molar-refractivity contribution is 7.45. The van der Waals surface area contributed by atoms with Gasteiger partial charge < -0.3 is 28.7 Å². The van der Waals surface area contributed by atoms with Gasteiger partial charge in [0.05, 0.1) is 13.2 Å². The molecule has 0 rings (SSSR count). The van der Waals surface area contributed by atoms with E-state index in [0.717, 1.165) is 89.2 Å². The lowest BCUT2D eigenvalue weighted by Gasteiger charge is -2.26. The van der Waals surface area contributed by atoms with Gasteiger partial charge in [-0.1, -0.05) is 206 Å². The molecule has 0 amide bonds. The number of hydrogen-bond acceptors (Lipinski definition) is 9. The molecule has 0 aliphatic rings. The number of carbonyl (C=O) groups excluding carboxylic acids is 2. The first-order valence-corrected chi connectivity index (χ1v) is 28.4. The van der Waals surface area contributed by atoms with Gasteiger partial charge in [0.15, 0.2) is 6.10 Å². The van der Waals surface area contributed by atoms with Crippen LogP contribution in [0.1, 0.15) is 265 Å². The maximum absolute atomic E-state index is 12.8. The molecule has 0 heterocycles. The molecule has 0 aliphatic heterocycles. The minimum absolute atomic E-state index is 0.123. The molecule has 0 fully saturated rings. The van der Waals surface area contributed by atoms with E-state index >= 15 is 0 Å². The number of phosphoric ester groups is 1. The number of phosphoric acid groups is 1. The monoisotopic (exact) mass is 923 g/mol. The van der Waals surface area contributed by atoms with Gasteiger partial charge in [-0.05, 0) is 77.0 Å². The lowest BCUT2D eigenvalue weighted by Crippen LogP contribution is -2.30. The molecule has 376 valence electrons. The van der Waals surface area contributed by atoms with Crippen molar-refractivity contribution in [3.05, 3.63) is 36.6 Å². The van der Waals surface area contributed by atoms with E-state index in [1.54, 1.807) is 0 Å². The number of ether oxygens (including phenoxy) is 2. The first-order chi connectivity index (χ1) is 31.2. The zero-order valence-corrected chi connectivity index (χ0v) is 42.9. The average Bonchev–Trinajstić information content (AvgIpc) is 3.28. The summed E-state index contributed by atoms with van der Waals surface area (Å²) in [4.78, 5) is 38.1. The maximum atomic E-state index is 12.8. The highest BCUT2D eigenvalue weighted by Crippen LogP contribution is 2.38. The quantitative estimate of drug-likeness (QED) is 0.0275. The molecule has 0 aliphatic carbocycles. The summed E-state index contributed by atoms with van der Waals surface area (Å²) in [5, 5.41) is 3.14. The molecule has 2 atom stereocenters. The van der Waals surface area contributed by atoms with Crippen LogP contribution in [0.15, 0.2) is 36.6 Å². The topological polar surface area (TPSA) is 123 Å². The minimum Gasteiger partial charge on any atom is -0.756 e. The van der Waals surface area contributed by atoms with Crippen LogP contribution in [0.2, 0.25) is 0 Å². The van der Waals surface area contributed by atoms with E-state index in [-0.39, 0.29) is 32.6 Å². The Balaban J connectivity index is 4.56. The molecule has 0 radical (unpaired) electrons. The van der Waals surface area contributed by atoms with Crippen LogP contribution in [0.4, 0.5) is 0 Å². The molecule has 1 N–H and O–H groups in total. The Kier molecular flexibility index (Phi) is 47.5. The first kappa shape index (κ1) is 62.1. The van der Waals surface area contributed by atoms with Crippen LogP contribution in [-0.2, 0) is 32.7 Å². The van der Waals surface area contributed by atoms with E-state index in [2.05, 4.69) is 57.0 Å². The van der Waals surface area contributed by atoms with Crippen molar-refractivity contribution < 1.29 is 37.6 Å². The Labute approximate surface area is 395 Å². The third-order valence-electron chi connectivity index (χ3n) is 11.7. The smallest absolute Gasteiger partial charge is 0.306 e. The molecule has 0 saturated carbocycles. The van der Waals surface area contributed by atoms with Gasteiger partial charge in [-0.2, -0.15) is 0 Å².